The first kappa shape index (κ1) is 18.0. The lowest BCUT2D eigenvalue weighted by Crippen LogP contribution is -2.31. The Bertz CT molecular complexity index is 887. The van der Waals surface area contributed by atoms with Gasteiger partial charge >= 0.3 is 0 Å². The molecule has 1 atom stereocenters. The second-order valence-corrected chi connectivity index (χ2v) is 6.55. The van der Waals surface area contributed by atoms with Gasteiger partial charge < -0.3 is 4.74 Å². The van der Waals surface area contributed by atoms with Crippen molar-refractivity contribution < 1.29 is 4.74 Å². The Morgan fingerprint density at radius 3 is 2.62 bits per heavy atom. The highest BCUT2D eigenvalue weighted by Crippen LogP contribution is 2.37. The van der Waals surface area contributed by atoms with Crippen LogP contribution < -0.4 is 4.74 Å². The van der Waals surface area contributed by atoms with E-state index in [0.29, 0.717) is 23.7 Å². The molecule has 0 N–H and O–H groups in total. The van der Waals surface area contributed by atoms with Crippen molar-refractivity contribution in [3.05, 3.63) is 77.3 Å². The molecule has 0 saturated heterocycles. The number of rotatable bonds is 7. The minimum atomic E-state index is -0.792. The SMILES string of the molecule is COc1ccccc1C(C#N)(CCc1ccc(Cl)cc1)Cn1cncn1. The molecule has 0 radical (unpaired) electrons. The molecule has 6 heteroatoms. The maximum Gasteiger partial charge on any atom is 0.137 e. The van der Waals surface area contributed by atoms with E-state index in [4.69, 9.17) is 16.3 Å². The van der Waals surface area contributed by atoms with Crippen LogP contribution in [0.2, 0.25) is 5.02 Å². The lowest BCUT2D eigenvalue weighted by atomic mass is 9.76. The Morgan fingerprint density at radius 1 is 1.19 bits per heavy atom. The van der Waals surface area contributed by atoms with Gasteiger partial charge in [0.15, 0.2) is 0 Å². The predicted octanol–water partition coefficient (Wildman–Crippen LogP) is 4.03. The molecule has 0 aliphatic heterocycles. The molecule has 0 aliphatic rings. The van der Waals surface area contributed by atoms with Crippen LogP contribution in [0.4, 0.5) is 0 Å². The van der Waals surface area contributed by atoms with Crippen molar-refractivity contribution in [3.63, 3.8) is 0 Å². The number of nitrogens with zero attached hydrogens (tertiary/aromatic N) is 4. The lowest BCUT2D eigenvalue weighted by molar-refractivity contribution is 0.363. The third kappa shape index (κ3) is 3.87. The number of halogens is 1. The van der Waals surface area contributed by atoms with Crippen LogP contribution in [-0.4, -0.2) is 21.9 Å². The van der Waals surface area contributed by atoms with Gasteiger partial charge in [-0.15, -0.1) is 0 Å². The summed E-state index contributed by atoms with van der Waals surface area (Å²) in [5.74, 6) is 0.699. The molecule has 1 heterocycles. The summed E-state index contributed by atoms with van der Waals surface area (Å²) in [6, 6.07) is 17.9. The smallest absolute Gasteiger partial charge is 0.137 e. The van der Waals surface area contributed by atoms with Crippen LogP contribution in [0.3, 0.4) is 0 Å². The zero-order valence-corrected chi connectivity index (χ0v) is 15.2. The molecule has 0 aliphatic carbocycles. The van der Waals surface area contributed by atoms with Crippen LogP contribution in [0.15, 0.2) is 61.2 Å². The maximum absolute atomic E-state index is 10.2. The monoisotopic (exact) mass is 366 g/mol. The lowest BCUT2D eigenvalue weighted by Gasteiger charge is -2.28. The normalized spacial score (nSPS) is 13.0. The standard InChI is InChI=1S/C20H19ClN4O/c1-26-19-5-3-2-4-18(19)20(12-22,13-25-15-23-14-24-25)11-10-16-6-8-17(21)9-7-16/h2-9,14-15H,10-11,13H2,1H3. The molecule has 3 rings (SSSR count). The van der Waals surface area contributed by atoms with Gasteiger partial charge in [-0.05, 0) is 36.6 Å². The zero-order chi connectivity index (χ0) is 18.4. The van der Waals surface area contributed by atoms with Gasteiger partial charge in [-0.25, -0.2) is 4.98 Å². The van der Waals surface area contributed by atoms with Crippen molar-refractivity contribution in [2.45, 2.75) is 24.8 Å². The molecule has 132 valence electrons. The van der Waals surface area contributed by atoms with E-state index in [-0.39, 0.29) is 0 Å². The Morgan fingerprint density at radius 2 is 1.96 bits per heavy atom. The number of aryl methyl sites for hydroxylation is 1. The summed E-state index contributed by atoms with van der Waals surface area (Å²) in [6.07, 6.45) is 4.45. The highest BCUT2D eigenvalue weighted by atomic mass is 35.5. The fourth-order valence-electron chi connectivity index (χ4n) is 3.09. The van der Waals surface area contributed by atoms with Gasteiger partial charge in [-0.1, -0.05) is 41.9 Å². The Balaban J connectivity index is 1.97. The number of methoxy groups -OCH3 is 1. The number of benzene rings is 2. The molecule has 0 bridgehead atoms. The van der Waals surface area contributed by atoms with Crippen LogP contribution in [-0.2, 0) is 18.4 Å². The second-order valence-electron chi connectivity index (χ2n) is 6.11. The average Bonchev–Trinajstić information content (AvgIpc) is 3.19. The first-order chi connectivity index (χ1) is 12.7. The third-order valence-electron chi connectivity index (χ3n) is 4.49. The zero-order valence-electron chi connectivity index (χ0n) is 14.5. The summed E-state index contributed by atoms with van der Waals surface area (Å²) in [5, 5.41) is 15.1. The van der Waals surface area contributed by atoms with Crippen LogP contribution in [0, 0.1) is 11.3 Å². The average molecular weight is 367 g/mol. The Labute approximate surface area is 157 Å². The van der Waals surface area contributed by atoms with Gasteiger partial charge in [0.25, 0.3) is 0 Å². The van der Waals surface area contributed by atoms with Crippen molar-refractivity contribution in [1.29, 1.82) is 5.26 Å². The maximum atomic E-state index is 10.2. The minimum absolute atomic E-state index is 0.400. The van der Waals surface area contributed by atoms with Gasteiger partial charge in [0.2, 0.25) is 0 Å². The molecule has 0 fully saturated rings. The molecule has 1 unspecified atom stereocenters. The number of hydrogen-bond donors (Lipinski definition) is 0. The third-order valence-corrected chi connectivity index (χ3v) is 4.74. The van der Waals surface area contributed by atoms with Crippen LogP contribution in [0.25, 0.3) is 0 Å². The largest absolute Gasteiger partial charge is 0.496 e. The van der Waals surface area contributed by atoms with E-state index >= 15 is 0 Å². The highest BCUT2D eigenvalue weighted by molar-refractivity contribution is 6.30. The first-order valence-corrected chi connectivity index (χ1v) is 8.66. The van der Waals surface area contributed by atoms with Crippen molar-refractivity contribution in [2.75, 3.05) is 7.11 Å². The fourth-order valence-corrected chi connectivity index (χ4v) is 3.22. The molecule has 0 saturated carbocycles. The van der Waals surface area contributed by atoms with E-state index in [2.05, 4.69) is 16.2 Å². The van der Waals surface area contributed by atoms with E-state index < -0.39 is 5.41 Å². The molecule has 2 aromatic carbocycles. The quantitative estimate of drug-likeness (QED) is 0.633. The van der Waals surface area contributed by atoms with E-state index in [1.165, 1.54) is 6.33 Å². The molecular weight excluding hydrogens is 348 g/mol. The van der Waals surface area contributed by atoms with Gasteiger partial charge in [0.1, 0.15) is 23.8 Å². The molecule has 0 spiro atoms. The van der Waals surface area contributed by atoms with Crippen molar-refractivity contribution in [1.82, 2.24) is 14.8 Å². The van der Waals surface area contributed by atoms with Crippen molar-refractivity contribution in [3.8, 4) is 11.8 Å². The topological polar surface area (TPSA) is 63.7 Å². The predicted molar refractivity (Wildman–Crippen MR) is 100 cm³/mol. The van der Waals surface area contributed by atoms with Gasteiger partial charge in [0, 0.05) is 10.6 Å². The number of nitriles is 1. The summed E-state index contributed by atoms with van der Waals surface area (Å²) in [7, 11) is 1.62. The van der Waals surface area contributed by atoms with Crippen molar-refractivity contribution >= 4 is 11.6 Å². The number of aromatic nitrogens is 3. The molecule has 1 aromatic heterocycles. The number of ether oxygens (including phenoxy) is 1. The van der Waals surface area contributed by atoms with E-state index in [0.717, 1.165) is 17.5 Å². The molecule has 0 amide bonds. The van der Waals surface area contributed by atoms with Crippen LogP contribution >= 0.6 is 11.6 Å². The number of para-hydroxylation sites is 1. The molecule has 26 heavy (non-hydrogen) atoms. The summed E-state index contributed by atoms with van der Waals surface area (Å²) < 4.78 is 7.22. The summed E-state index contributed by atoms with van der Waals surface area (Å²) in [5.41, 5.74) is 1.19. The van der Waals surface area contributed by atoms with Crippen LogP contribution in [0.5, 0.6) is 5.75 Å². The molecule has 3 aromatic rings. The van der Waals surface area contributed by atoms with Gasteiger partial charge in [-0.2, -0.15) is 10.4 Å². The van der Waals surface area contributed by atoms with Crippen molar-refractivity contribution in [2.24, 2.45) is 0 Å². The summed E-state index contributed by atoms with van der Waals surface area (Å²) in [6.45, 7) is 0.400. The van der Waals surface area contributed by atoms with Gasteiger partial charge in [0.05, 0.1) is 19.7 Å². The summed E-state index contributed by atoms with van der Waals surface area (Å²) in [4.78, 5) is 4.00. The fraction of sp³-hybridized carbons (Fsp3) is 0.250. The second kappa shape index (κ2) is 8.03. The molecular formula is C20H19ClN4O. The van der Waals surface area contributed by atoms with Crippen LogP contribution in [0.1, 0.15) is 17.5 Å². The highest BCUT2D eigenvalue weighted by Gasteiger charge is 2.35. The van der Waals surface area contributed by atoms with E-state index in [1.54, 1.807) is 18.1 Å². The number of hydrogen-bond acceptors (Lipinski definition) is 4. The Kier molecular flexibility index (Phi) is 5.55. The van der Waals surface area contributed by atoms with E-state index in [1.807, 2.05) is 48.5 Å². The van der Waals surface area contributed by atoms with Gasteiger partial charge in [-0.3, -0.25) is 4.68 Å². The molecule has 5 nitrogen and oxygen atoms in total. The Hall–Kier alpha value is -2.84. The minimum Gasteiger partial charge on any atom is -0.496 e. The summed E-state index contributed by atoms with van der Waals surface area (Å²) >= 11 is 5.97. The van der Waals surface area contributed by atoms with E-state index in [9.17, 15) is 5.26 Å². The first-order valence-electron chi connectivity index (χ1n) is 8.28.